The number of piperidine rings is 1. The van der Waals surface area contributed by atoms with Crippen molar-refractivity contribution in [1.29, 1.82) is 0 Å². The Balaban J connectivity index is 1.31. The molecule has 0 unspecified atom stereocenters. The normalized spacial score (nSPS) is 20.8. The second-order valence-electron chi connectivity index (χ2n) is 12.9. The monoisotopic (exact) mass is 644 g/mol. The molecule has 9 rings (SSSR count). The zero-order chi connectivity index (χ0) is 27.1. The molecule has 1 aromatic heterocycles. The Morgan fingerprint density at radius 3 is 2.44 bits per heavy atom. The fourth-order valence-corrected chi connectivity index (χ4v) is 13.0. The van der Waals surface area contributed by atoms with E-state index in [0.717, 1.165) is 18.1 Å². The van der Waals surface area contributed by atoms with Gasteiger partial charge >= 0.3 is 260 Å². The second kappa shape index (κ2) is 10.0. The van der Waals surface area contributed by atoms with Gasteiger partial charge in [0.1, 0.15) is 0 Å². The number of fused-ring (bicyclic) bond motifs is 4. The Bertz CT molecular complexity index is 1740. The Morgan fingerprint density at radius 2 is 1.56 bits per heavy atom. The fraction of sp³-hybridized carbons (Fsp3) is 0.486. The summed E-state index contributed by atoms with van der Waals surface area (Å²) >= 11 is 8.43. The molecule has 210 valence electrons. The molecule has 0 amide bonds. The quantitative estimate of drug-likeness (QED) is 0.189. The van der Waals surface area contributed by atoms with Crippen molar-refractivity contribution in [1.82, 2.24) is 9.48 Å². The van der Waals surface area contributed by atoms with Crippen LogP contribution >= 0.6 is 23.6 Å². The maximum atomic E-state index is 6.11. The summed E-state index contributed by atoms with van der Waals surface area (Å²) in [7, 11) is 0. The van der Waals surface area contributed by atoms with Crippen LogP contribution in [0.5, 0.6) is 0 Å². The predicted molar refractivity (Wildman–Crippen MR) is 177 cm³/mol. The first-order valence-corrected chi connectivity index (χ1v) is 19.0. The van der Waals surface area contributed by atoms with Crippen LogP contribution in [0.2, 0.25) is 0 Å². The molecule has 3 aromatic rings. The van der Waals surface area contributed by atoms with Gasteiger partial charge in [0.15, 0.2) is 0 Å². The summed E-state index contributed by atoms with van der Waals surface area (Å²) < 4.78 is 6.16. The molecular weight excluding hydrogens is 606 g/mol. The molecule has 6 aliphatic rings. The van der Waals surface area contributed by atoms with Crippen molar-refractivity contribution in [2.24, 2.45) is 0 Å². The van der Waals surface area contributed by atoms with Crippen molar-refractivity contribution in [3.63, 3.8) is 0 Å². The minimum absolute atomic E-state index is 0.354. The molecule has 7 heterocycles. The predicted octanol–water partition coefficient (Wildman–Crippen LogP) is 3.21. The molecule has 6 aliphatic heterocycles. The molecule has 41 heavy (non-hydrogen) atoms. The Labute approximate surface area is 259 Å². The van der Waals surface area contributed by atoms with E-state index in [1.54, 1.807) is 53.0 Å². The third-order valence-electron chi connectivity index (χ3n) is 10.4. The molecule has 2 aromatic carbocycles. The number of anilines is 1. The van der Waals surface area contributed by atoms with E-state index in [4.69, 9.17) is 12.2 Å². The molecule has 3 nitrogen and oxygen atoms in total. The van der Waals surface area contributed by atoms with E-state index in [2.05, 4.69) is 38.6 Å². The second-order valence-corrected chi connectivity index (χ2v) is 16.5. The standard InChI is InChI=1S/C35H38N3S2Se/c39-35(38-14-2-1-3-15-38)29-13-12-28(40-29)30-26-20-22-8-4-16-36-18-6-10-24(31(22)36)33(26)41-34-25-11-7-19-37-17-5-9-23(32(25)37)21-27(30)34/h12-13,20-21H,1-11,14-19H2/q+1. The number of thiophene rings is 1. The zero-order valence-corrected chi connectivity index (χ0v) is 27.2. The maximum absolute atomic E-state index is 6.11. The van der Waals surface area contributed by atoms with Crippen molar-refractivity contribution >= 4 is 63.7 Å². The van der Waals surface area contributed by atoms with Gasteiger partial charge in [-0.3, -0.25) is 0 Å². The van der Waals surface area contributed by atoms with Gasteiger partial charge in [0.05, 0.1) is 0 Å². The van der Waals surface area contributed by atoms with Crippen LogP contribution in [0.3, 0.4) is 0 Å². The number of thiocarbonyl (C=S) groups is 1. The minimum atomic E-state index is 0.354. The van der Waals surface area contributed by atoms with Gasteiger partial charge in [0, 0.05) is 0 Å². The van der Waals surface area contributed by atoms with Crippen LogP contribution in [-0.2, 0) is 25.7 Å². The molecule has 0 aliphatic carbocycles. The van der Waals surface area contributed by atoms with Crippen LogP contribution in [0.1, 0.15) is 82.5 Å². The molecule has 0 bridgehead atoms. The summed E-state index contributed by atoms with van der Waals surface area (Å²) in [6, 6.07) is 10.1. The third-order valence-corrected chi connectivity index (χ3v) is 14.9. The van der Waals surface area contributed by atoms with E-state index in [1.807, 2.05) is 11.3 Å². The van der Waals surface area contributed by atoms with Gasteiger partial charge in [-0.1, -0.05) is 0 Å². The summed E-state index contributed by atoms with van der Waals surface area (Å²) in [5.41, 5.74) is 11.4. The van der Waals surface area contributed by atoms with Gasteiger partial charge < -0.3 is 0 Å². The number of aryl methyl sites for hydroxylation is 2. The van der Waals surface area contributed by atoms with Crippen LogP contribution in [0.4, 0.5) is 5.69 Å². The summed E-state index contributed by atoms with van der Waals surface area (Å²) in [4.78, 5) is 9.01. The zero-order valence-electron chi connectivity index (χ0n) is 23.9. The summed E-state index contributed by atoms with van der Waals surface area (Å²) in [5.74, 6) is 0. The molecule has 0 N–H and O–H groups in total. The molecular formula is C35H38N3S2Se+. The Hall–Kier alpha value is -1.98. The van der Waals surface area contributed by atoms with Crippen molar-refractivity contribution < 1.29 is 0 Å². The van der Waals surface area contributed by atoms with Crippen LogP contribution in [0, 0.1) is 0 Å². The van der Waals surface area contributed by atoms with Gasteiger partial charge in [-0.15, -0.1) is 0 Å². The molecule has 6 heteroatoms. The van der Waals surface area contributed by atoms with Gasteiger partial charge in [0.2, 0.25) is 0 Å². The number of rotatable bonds is 2. The molecule has 0 spiro atoms. The van der Waals surface area contributed by atoms with Crippen molar-refractivity contribution in [3.8, 4) is 0 Å². The molecule has 1 saturated heterocycles. The number of nitrogens with zero attached hydrogens (tertiary/aromatic N) is 3. The number of benzene rings is 2. The van der Waals surface area contributed by atoms with Crippen LogP contribution in [0.25, 0.3) is 5.57 Å². The van der Waals surface area contributed by atoms with Crippen LogP contribution < -0.4 is 29.0 Å². The number of hydrogen-bond acceptors (Lipinski definition) is 3. The molecule has 0 saturated carbocycles. The number of likely N-dealkylation sites (tertiary alicyclic amines) is 1. The average Bonchev–Trinajstić information content (AvgIpc) is 3.51. The van der Waals surface area contributed by atoms with E-state index in [1.165, 1.54) is 112 Å². The van der Waals surface area contributed by atoms with Gasteiger partial charge in [0.25, 0.3) is 0 Å². The SMILES string of the molecule is S=C(c1ccc(C2=c3cc4c5c(c3[Se]c3c2cc2c6c3CCCN6CCC2)CCC[N+]=5CCC4)s1)N1CCCCC1. The van der Waals surface area contributed by atoms with E-state index >= 15 is 0 Å². The summed E-state index contributed by atoms with van der Waals surface area (Å²) in [6.07, 6.45) is 14.1. The van der Waals surface area contributed by atoms with Crippen molar-refractivity contribution in [2.75, 3.05) is 44.2 Å². The summed E-state index contributed by atoms with van der Waals surface area (Å²) in [5, 5.41) is 3.21. The van der Waals surface area contributed by atoms with Crippen molar-refractivity contribution in [2.45, 2.75) is 70.6 Å². The van der Waals surface area contributed by atoms with Crippen molar-refractivity contribution in [3.05, 3.63) is 72.4 Å². The third kappa shape index (κ3) is 4.00. The first kappa shape index (κ1) is 25.5. The van der Waals surface area contributed by atoms with Gasteiger partial charge in [-0.25, -0.2) is 0 Å². The van der Waals surface area contributed by atoms with Gasteiger partial charge in [-0.2, -0.15) is 0 Å². The Morgan fingerprint density at radius 1 is 0.780 bits per heavy atom. The van der Waals surface area contributed by atoms with Gasteiger partial charge in [-0.05, 0) is 0 Å². The average molecular weight is 644 g/mol. The number of hydrogen-bond donors (Lipinski definition) is 0. The topological polar surface area (TPSA) is 9.49 Å². The van der Waals surface area contributed by atoms with E-state index in [0.29, 0.717) is 15.0 Å². The summed E-state index contributed by atoms with van der Waals surface area (Å²) in [6.45, 7) is 7.22. The molecule has 0 atom stereocenters. The van der Waals surface area contributed by atoms with E-state index in [9.17, 15) is 0 Å². The Kier molecular flexibility index (Phi) is 6.25. The van der Waals surface area contributed by atoms with E-state index in [-0.39, 0.29) is 0 Å². The first-order valence-electron chi connectivity index (χ1n) is 16.1. The van der Waals surface area contributed by atoms with Crippen LogP contribution in [0.15, 0.2) is 24.3 Å². The van der Waals surface area contributed by atoms with Crippen LogP contribution in [-0.4, -0.2) is 64.1 Å². The molecule has 0 radical (unpaired) electrons. The fourth-order valence-electron chi connectivity index (χ4n) is 8.62. The molecule has 1 fully saturated rings. The van der Waals surface area contributed by atoms with E-state index < -0.39 is 0 Å². The first-order chi connectivity index (χ1) is 20.2.